The first-order valence-electron chi connectivity index (χ1n) is 11.3. The smallest absolute Gasteiger partial charge is 0.364 e. The van der Waals surface area contributed by atoms with Crippen molar-refractivity contribution >= 4 is 34.3 Å². The van der Waals surface area contributed by atoms with Crippen LogP contribution < -0.4 is 11.1 Å². The highest BCUT2D eigenvalue weighted by atomic mass is 19.4. The molecule has 8 nitrogen and oxygen atoms in total. The van der Waals surface area contributed by atoms with Crippen molar-refractivity contribution in [1.82, 2.24) is 14.7 Å². The van der Waals surface area contributed by atoms with E-state index in [1.54, 1.807) is 24.3 Å². The molecule has 3 N–H and O–H groups in total. The van der Waals surface area contributed by atoms with Crippen LogP contribution in [0.25, 0.3) is 10.9 Å². The summed E-state index contributed by atoms with van der Waals surface area (Å²) in [4.78, 5) is 39.8. The number of aromatic nitrogens is 2. The van der Waals surface area contributed by atoms with Crippen LogP contribution in [0.5, 0.6) is 0 Å². The number of nitrogens with one attached hydrogen (secondary N) is 1. The Labute approximate surface area is 202 Å². The van der Waals surface area contributed by atoms with Crippen molar-refractivity contribution in [3.8, 4) is 0 Å². The van der Waals surface area contributed by atoms with E-state index in [2.05, 4.69) is 10.4 Å². The molecule has 1 aromatic heterocycles. The average Bonchev–Trinajstić information content (AvgIpc) is 3.53. The number of alkyl halides is 3. The molecule has 1 saturated heterocycles. The van der Waals surface area contributed by atoms with Crippen LogP contribution in [0, 0.1) is 11.7 Å². The summed E-state index contributed by atoms with van der Waals surface area (Å²) in [6.07, 6.45) is -3.03. The number of primary amides is 1. The third kappa shape index (κ3) is 3.95. The highest BCUT2D eigenvalue weighted by Crippen LogP contribution is 2.43. The van der Waals surface area contributed by atoms with Gasteiger partial charge in [-0.25, -0.2) is 4.39 Å². The fourth-order valence-electron chi connectivity index (χ4n) is 5.38. The van der Waals surface area contributed by atoms with Crippen LogP contribution in [0.3, 0.4) is 0 Å². The molecule has 2 aromatic carbocycles. The molecule has 2 fully saturated rings. The predicted molar refractivity (Wildman–Crippen MR) is 120 cm³/mol. The van der Waals surface area contributed by atoms with Crippen molar-refractivity contribution in [2.75, 3.05) is 5.32 Å². The molecule has 2 heterocycles. The summed E-state index contributed by atoms with van der Waals surface area (Å²) in [6, 6.07) is 8.19. The van der Waals surface area contributed by atoms with Gasteiger partial charge in [-0.2, -0.15) is 18.3 Å². The Morgan fingerprint density at radius 2 is 1.83 bits per heavy atom. The number of amides is 3. The van der Waals surface area contributed by atoms with E-state index in [1.165, 1.54) is 9.58 Å². The number of halogens is 4. The Kier molecular flexibility index (Phi) is 5.68. The number of rotatable bonds is 5. The van der Waals surface area contributed by atoms with E-state index in [9.17, 15) is 31.9 Å². The van der Waals surface area contributed by atoms with E-state index in [0.29, 0.717) is 36.2 Å². The molecule has 3 atom stereocenters. The second kappa shape index (κ2) is 8.61. The van der Waals surface area contributed by atoms with Crippen LogP contribution in [-0.4, -0.2) is 44.5 Å². The highest BCUT2D eigenvalue weighted by Gasteiger charge is 2.51. The van der Waals surface area contributed by atoms with Gasteiger partial charge in [-0.1, -0.05) is 24.3 Å². The fourth-order valence-corrected chi connectivity index (χ4v) is 5.38. The summed E-state index contributed by atoms with van der Waals surface area (Å²) in [5, 5.41) is 6.92. The molecule has 5 rings (SSSR count). The molecule has 1 saturated carbocycles. The number of nitrogens with zero attached hydrogens (tertiary/aromatic N) is 3. The lowest BCUT2D eigenvalue weighted by Crippen LogP contribution is -2.52. The highest BCUT2D eigenvalue weighted by molar-refractivity contribution is 6.04. The van der Waals surface area contributed by atoms with Crippen molar-refractivity contribution in [1.29, 1.82) is 0 Å². The monoisotopic (exact) mass is 503 g/mol. The number of carbonyl (C=O) groups is 3. The number of piperidine rings is 1. The van der Waals surface area contributed by atoms with Gasteiger partial charge in [0.25, 0.3) is 5.91 Å². The molecule has 3 amide bonds. The predicted octanol–water partition coefficient (Wildman–Crippen LogP) is 3.31. The number of likely N-dealkylation sites (tertiary alicyclic amines) is 1. The molecule has 2 bridgehead atoms. The van der Waals surface area contributed by atoms with E-state index in [-0.39, 0.29) is 24.2 Å². The van der Waals surface area contributed by atoms with E-state index in [0.717, 1.165) is 12.1 Å². The first-order chi connectivity index (χ1) is 17.1. The van der Waals surface area contributed by atoms with Crippen LogP contribution in [0.2, 0.25) is 0 Å². The van der Waals surface area contributed by atoms with Gasteiger partial charge in [0.15, 0.2) is 11.5 Å². The normalized spacial score (nSPS) is 21.2. The van der Waals surface area contributed by atoms with Crippen molar-refractivity contribution in [2.24, 2.45) is 11.7 Å². The number of fused-ring (bicyclic) bond motifs is 3. The van der Waals surface area contributed by atoms with Gasteiger partial charge in [0.2, 0.25) is 11.8 Å². The van der Waals surface area contributed by atoms with Gasteiger partial charge in [0.05, 0.1) is 16.8 Å². The average molecular weight is 503 g/mol. The van der Waals surface area contributed by atoms with Crippen LogP contribution in [-0.2, 0) is 22.3 Å². The Morgan fingerprint density at radius 1 is 1.08 bits per heavy atom. The van der Waals surface area contributed by atoms with E-state index >= 15 is 0 Å². The SMILES string of the molecule is NC(=O)c1nn(CC(=O)N2[C@@H]3CC[C@@H](C3)[C@H]2C(=O)Nc2cccc(C(F)(F)F)c2F)c2ccccc12. The molecule has 0 unspecified atom stereocenters. The van der Waals surface area contributed by atoms with Crippen LogP contribution >= 0.6 is 0 Å². The standard InChI is InChI=1S/C24H21F4N5O3/c25-19-15(24(26,27)28)5-3-6-16(19)30-23(36)21-12-8-9-13(10-12)33(21)18(34)11-32-17-7-2-1-4-14(17)20(31-32)22(29)35/h1-7,12-13,21H,8-11H2,(H2,29,35)(H,30,36)/t12-,13+,21-/m0/s1. The van der Waals surface area contributed by atoms with Gasteiger partial charge in [-0.05, 0) is 43.4 Å². The van der Waals surface area contributed by atoms with Gasteiger partial charge in [0, 0.05) is 11.4 Å². The second-order valence-corrected chi connectivity index (χ2v) is 9.01. The summed E-state index contributed by atoms with van der Waals surface area (Å²) in [5.41, 5.74) is 3.84. The molecular weight excluding hydrogens is 482 g/mol. The van der Waals surface area contributed by atoms with E-state index in [1.807, 2.05) is 0 Å². The summed E-state index contributed by atoms with van der Waals surface area (Å²) < 4.78 is 55.1. The summed E-state index contributed by atoms with van der Waals surface area (Å²) in [5.74, 6) is -3.74. The quantitative estimate of drug-likeness (QED) is 0.521. The molecule has 36 heavy (non-hydrogen) atoms. The first kappa shape index (κ1) is 23.8. The number of carbonyl (C=O) groups excluding carboxylic acids is 3. The lowest BCUT2D eigenvalue weighted by Gasteiger charge is -2.34. The first-order valence-corrected chi connectivity index (χ1v) is 11.3. The number of para-hydroxylation sites is 1. The second-order valence-electron chi connectivity index (χ2n) is 9.01. The Hall–Kier alpha value is -3.96. The Bertz CT molecular complexity index is 1390. The summed E-state index contributed by atoms with van der Waals surface area (Å²) in [6.45, 7) is -0.279. The number of hydrogen-bond acceptors (Lipinski definition) is 4. The minimum absolute atomic E-state index is 0.00987. The van der Waals surface area contributed by atoms with E-state index in [4.69, 9.17) is 5.73 Å². The molecule has 0 radical (unpaired) electrons. The van der Waals surface area contributed by atoms with Crippen LogP contribution in [0.1, 0.15) is 35.3 Å². The maximum absolute atomic E-state index is 14.5. The van der Waals surface area contributed by atoms with Gasteiger partial charge in [0.1, 0.15) is 12.6 Å². The summed E-state index contributed by atoms with van der Waals surface area (Å²) in [7, 11) is 0. The van der Waals surface area contributed by atoms with E-state index < -0.39 is 47.0 Å². The number of benzene rings is 2. The zero-order chi connectivity index (χ0) is 25.8. The zero-order valence-corrected chi connectivity index (χ0v) is 18.8. The molecule has 188 valence electrons. The van der Waals surface area contributed by atoms with Crippen molar-refractivity contribution < 1.29 is 31.9 Å². The molecule has 1 aliphatic heterocycles. The van der Waals surface area contributed by atoms with Gasteiger partial charge in [-0.3, -0.25) is 19.1 Å². The van der Waals surface area contributed by atoms with Crippen molar-refractivity contribution in [3.63, 3.8) is 0 Å². The molecule has 3 aromatic rings. The molecule has 0 spiro atoms. The molecule has 2 aliphatic rings. The number of hydrogen-bond donors (Lipinski definition) is 2. The Balaban J connectivity index is 1.41. The number of anilines is 1. The zero-order valence-electron chi connectivity index (χ0n) is 18.8. The molecule has 1 aliphatic carbocycles. The maximum Gasteiger partial charge on any atom is 0.419 e. The van der Waals surface area contributed by atoms with Crippen LogP contribution in [0.4, 0.5) is 23.2 Å². The lowest BCUT2D eigenvalue weighted by molar-refractivity contribution is -0.141. The van der Waals surface area contributed by atoms with Gasteiger partial charge >= 0.3 is 6.18 Å². The maximum atomic E-state index is 14.5. The minimum atomic E-state index is -4.92. The van der Waals surface area contributed by atoms with Crippen molar-refractivity contribution in [2.45, 2.75) is 44.1 Å². The Morgan fingerprint density at radius 3 is 2.56 bits per heavy atom. The number of nitrogens with two attached hydrogens (primary N) is 1. The topological polar surface area (TPSA) is 110 Å². The largest absolute Gasteiger partial charge is 0.419 e. The van der Waals surface area contributed by atoms with Crippen LogP contribution in [0.15, 0.2) is 42.5 Å². The van der Waals surface area contributed by atoms with Crippen molar-refractivity contribution in [3.05, 3.63) is 59.5 Å². The third-order valence-electron chi connectivity index (χ3n) is 6.88. The third-order valence-corrected chi connectivity index (χ3v) is 6.88. The molecule has 12 heteroatoms. The molecular formula is C24H21F4N5O3. The van der Waals surface area contributed by atoms with Gasteiger partial charge < -0.3 is 16.0 Å². The minimum Gasteiger partial charge on any atom is -0.364 e. The summed E-state index contributed by atoms with van der Waals surface area (Å²) >= 11 is 0. The lowest BCUT2D eigenvalue weighted by atomic mass is 9.97. The van der Waals surface area contributed by atoms with Gasteiger partial charge in [-0.15, -0.1) is 0 Å². The fraction of sp³-hybridized carbons (Fsp3) is 0.333.